The summed E-state index contributed by atoms with van der Waals surface area (Å²) in [6.07, 6.45) is 0. The zero-order chi connectivity index (χ0) is 13.0. The van der Waals surface area contributed by atoms with Crippen LogP contribution in [0.5, 0.6) is 5.75 Å². The maximum atomic E-state index is 6.14. The van der Waals surface area contributed by atoms with E-state index in [1.165, 1.54) is 0 Å². The molecule has 5 nitrogen and oxygen atoms in total. The second kappa shape index (κ2) is 6.45. The van der Waals surface area contributed by atoms with Gasteiger partial charge in [0.15, 0.2) is 21.9 Å². The van der Waals surface area contributed by atoms with Crippen LogP contribution in [0.2, 0.25) is 5.15 Å². The van der Waals surface area contributed by atoms with Gasteiger partial charge in [-0.05, 0) is 5.75 Å². The zero-order valence-corrected chi connectivity index (χ0v) is 12.1. The van der Waals surface area contributed by atoms with Crippen LogP contribution in [0, 0.1) is 0 Å². The van der Waals surface area contributed by atoms with Gasteiger partial charge in [0.25, 0.3) is 0 Å². The second-order valence-corrected chi connectivity index (χ2v) is 5.28. The average molecular weight is 290 g/mol. The fourth-order valence-corrected chi connectivity index (χ4v) is 2.61. The van der Waals surface area contributed by atoms with Gasteiger partial charge >= 0.3 is 0 Å². The Bertz CT molecular complexity index is 414. The molecule has 1 aromatic heterocycles. The number of ether oxygens (including phenoxy) is 2. The fraction of sp³-hybridized carbons (Fsp3) is 0.636. The van der Waals surface area contributed by atoms with E-state index in [4.69, 9.17) is 21.1 Å². The summed E-state index contributed by atoms with van der Waals surface area (Å²) in [5, 5.41) is 1.05. The molecule has 0 amide bonds. The number of nitrogens with zero attached hydrogens (tertiary/aromatic N) is 3. The van der Waals surface area contributed by atoms with Crippen LogP contribution >= 0.6 is 23.4 Å². The van der Waals surface area contributed by atoms with E-state index in [0.29, 0.717) is 29.3 Å². The number of aromatic nitrogens is 2. The molecule has 0 spiro atoms. The third kappa shape index (κ3) is 2.99. The van der Waals surface area contributed by atoms with Crippen LogP contribution in [0.4, 0.5) is 5.82 Å². The normalized spacial score (nSPS) is 15.8. The summed E-state index contributed by atoms with van der Waals surface area (Å²) in [6.45, 7) is 5.03. The highest BCUT2D eigenvalue weighted by Gasteiger charge is 2.21. The Morgan fingerprint density at radius 2 is 2.11 bits per heavy atom. The topological polar surface area (TPSA) is 47.5 Å². The average Bonchev–Trinajstić information content (AvgIpc) is 2.39. The molecule has 7 heteroatoms. The lowest BCUT2D eigenvalue weighted by Crippen LogP contribution is -2.37. The van der Waals surface area contributed by atoms with E-state index in [1.807, 2.05) is 0 Å². The van der Waals surface area contributed by atoms with E-state index in [0.717, 1.165) is 24.7 Å². The lowest BCUT2D eigenvalue weighted by Gasteiger charge is -2.29. The molecule has 0 N–H and O–H groups in total. The van der Waals surface area contributed by atoms with Gasteiger partial charge < -0.3 is 14.4 Å². The molecule has 0 bridgehead atoms. The van der Waals surface area contributed by atoms with Gasteiger partial charge in [0.1, 0.15) is 0 Å². The van der Waals surface area contributed by atoms with E-state index in [9.17, 15) is 0 Å². The molecule has 0 unspecified atom stereocenters. The van der Waals surface area contributed by atoms with Crippen molar-refractivity contribution in [3.63, 3.8) is 0 Å². The quantitative estimate of drug-likeness (QED) is 0.480. The largest absolute Gasteiger partial charge is 0.490 e. The Labute approximate surface area is 116 Å². The van der Waals surface area contributed by atoms with Crippen molar-refractivity contribution in [2.75, 3.05) is 44.1 Å². The van der Waals surface area contributed by atoms with Crippen molar-refractivity contribution in [1.82, 2.24) is 9.97 Å². The minimum atomic E-state index is 0.366. The van der Waals surface area contributed by atoms with E-state index < -0.39 is 0 Å². The molecule has 0 aromatic carbocycles. The summed E-state index contributed by atoms with van der Waals surface area (Å²) in [7, 11) is 1.58. The maximum Gasteiger partial charge on any atom is 0.199 e. The smallest absolute Gasteiger partial charge is 0.199 e. The Morgan fingerprint density at radius 1 is 1.39 bits per heavy atom. The number of methoxy groups -OCH3 is 1. The van der Waals surface area contributed by atoms with Gasteiger partial charge in [-0.3, -0.25) is 0 Å². The van der Waals surface area contributed by atoms with Crippen molar-refractivity contribution >= 4 is 29.2 Å². The molecule has 2 rings (SSSR count). The van der Waals surface area contributed by atoms with Crippen molar-refractivity contribution in [1.29, 1.82) is 0 Å². The predicted octanol–water partition coefficient (Wildman–Crippen LogP) is 2.09. The molecule has 1 aromatic rings. The monoisotopic (exact) mass is 289 g/mol. The summed E-state index contributed by atoms with van der Waals surface area (Å²) >= 11 is 7.71. The van der Waals surface area contributed by atoms with E-state index >= 15 is 0 Å². The molecule has 0 atom stereocenters. The minimum Gasteiger partial charge on any atom is -0.490 e. The van der Waals surface area contributed by atoms with Crippen LogP contribution in [-0.4, -0.2) is 49.1 Å². The highest BCUT2D eigenvalue weighted by atomic mass is 35.5. The molecule has 1 aliphatic heterocycles. The molecule has 1 aliphatic rings. The van der Waals surface area contributed by atoms with Crippen molar-refractivity contribution in [3.8, 4) is 5.75 Å². The molecule has 0 aliphatic carbocycles. The third-order valence-electron chi connectivity index (χ3n) is 2.57. The van der Waals surface area contributed by atoms with Crippen LogP contribution in [-0.2, 0) is 4.74 Å². The molecule has 18 heavy (non-hydrogen) atoms. The van der Waals surface area contributed by atoms with Crippen LogP contribution in [0.3, 0.4) is 0 Å². The second-order valence-electron chi connectivity index (χ2n) is 3.69. The van der Waals surface area contributed by atoms with Gasteiger partial charge in [0.2, 0.25) is 0 Å². The highest BCUT2D eigenvalue weighted by Crippen LogP contribution is 2.34. The Kier molecular flexibility index (Phi) is 4.91. The first-order valence-electron chi connectivity index (χ1n) is 5.83. The summed E-state index contributed by atoms with van der Waals surface area (Å²) in [5.41, 5.74) is 0. The maximum absolute atomic E-state index is 6.14. The first-order valence-corrected chi connectivity index (χ1v) is 7.19. The van der Waals surface area contributed by atoms with Crippen molar-refractivity contribution in [2.24, 2.45) is 0 Å². The van der Waals surface area contributed by atoms with Crippen LogP contribution in [0.1, 0.15) is 6.92 Å². The standard InChI is InChI=1S/C11H16ClN3O2S/c1-3-18-11-13-9(12)8(16-2)10(14-11)15-4-6-17-7-5-15/h3-7H2,1-2H3. The van der Waals surface area contributed by atoms with E-state index in [1.54, 1.807) is 18.9 Å². The molecule has 0 radical (unpaired) electrons. The van der Waals surface area contributed by atoms with Gasteiger partial charge in [-0.25, -0.2) is 9.97 Å². The Hall–Kier alpha value is -0.720. The lowest BCUT2D eigenvalue weighted by molar-refractivity contribution is 0.122. The Morgan fingerprint density at radius 3 is 2.72 bits per heavy atom. The van der Waals surface area contributed by atoms with Crippen LogP contribution < -0.4 is 9.64 Å². The SMILES string of the molecule is CCSc1nc(Cl)c(OC)c(N2CCOCC2)n1. The third-order valence-corrected chi connectivity index (χ3v) is 3.56. The number of anilines is 1. The molecule has 2 heterocycles. The van der Waals surface area contributed by atoms with E-state index in [2.05, 4.69) is 21.8 Å². The molecule has 1 saturated heterocycles. The first-order chi connectivity index (χ1) is 8.76. The van der Waals surface area contributed by atoms with Crippen molar-refractivity contribution < 1.29 is 9.47 Å². The van der Waals surface area contributed by atoms with E-state index in [-0.39, 0.29) is 0 Å². The summed E-state index contributed by atoms with van der Waals surface area (Å²) in [6, 6.07) is 0. The van der Waals surface area contributed by atoms with Gasteiger partial charge in [-0.15, -0.1) is 0 Å². The molecule has 100 valence electrons. The van der Waals surface area contributed by atoms with Crippen LogP contribution in [0.25, 0.3) is 0 Å². The first kappa shape index (κ1) is 13.7. The minimum absolute atomic E-state index is 0.366. The summed E-state index contributed by atoms with van der Waals surface area (Å²) in [5.74, 6) is 2.21. The predicted molar refractivity (Wildman–Crippen MR) is 73.0 cm³/mol. The van der Waals surface area contributed by atoms with Gasteiger partial charge in [0, 0.05) is 13.1 Å². The van der Waals surface area contributed by atoms with Crippen molar-refractivity contribution in [3.05, 3.63) is 5.15 Å². The number of hydrogen-bond donors (Lipinski definition) is 0. The molecule has 0 saturated carbocycles. The molecular formula is C11H16ClN3O2S. The number of rotatable bonds is 4. The highest BCUT2D eigenvalue weighted by molar-refractivity contribution is 7.99. The van der Waals surface area contributed by atoms with Gasteiger partial charge in [-0.1, -0.05) is 30.3 Å². The molecule has 1 fully saturated rings. The van der Waals surface area contributed by atoms with Crippen molar-refractivity contribution in [2.45, 2.75) is 12.1 Å². The number of thioether (sulfide) groups is 1. The Balaban J connectivity index is 2.34. The lowest BCUT2D eigenvalue weighted by atomic mass is 10.4. The number of hydrogen-bond acceptors (Lipinski definition) is 6. The zero-order valence-electron chi connectivity index (χ0n) is 10.5. The summed E-state index contributed by atoms with van der Waals surface area (Å²) < 4.78 is 10.7. The van der Waals surface area contributed by atoms with Gasteiger partial charge in [-0.2, -0.15) is 0 Å². The van der Waals surface area contributed by atoms with Crippen LogP contribution in [0.15, 0.2) is 5.16 Å². The number of halogens is 1. The summed E-state index contributed by atoms with van der Waals surface area (Å²) in [4.78, 5) is 10.9. The van der Waals surface area contributed by atoms with Gasteiger partial charge in [0.05, 0.1) is 20.3 Å². The number of morpholine rings is 1. The molecular weight excluding hydrogens is 274 g/mol. The fourth-order valence-electron chi connectivity index (χ4n) is 1.75.